The lowest BCUT2D eigenvalue weighted by molar-refractivity contribution is -0.274. The Morgan fingerprint density at radius 1 is 1.22 bits per heavy atom. The van der Waals surface area contributed by atoms with Crippen molar-refractivity contribution in [2.45, 2.75) is 45.0 Å². The molecule has 2 heterocycles. The molecular weight excluding hydrogens is 361 g/mol. The summed E-state index contributed by atoms with van der Waals surface area (Å²) < 4.78 is 43.5. The van der Waals surface area contributed by atoms with E-state index in [0.29, 0.717) is 13.0 Å². The number of nitrogens with zero attached hydrogens (tertiary/aromatic N) is 4. The Labute approximate surface area is 154 Å². The molecule has 0 aliphatic carbocycles. The number of nitrogens with two attached hydrogens (primary N) is 1. The zero-order chi connectivity index (χ0) is 19.3. The first-order valence-electron chi connectivity index (χ1n) is 8.75. The molecule has 0 fully saturated rings. The van der Waals surface area contributed by atoms with Crippen LogP contribution < -0.4 is 15.8 Å². The smallest absolute Gasteiger partial charge is 0.404 e. The Hall–Kier alpha value is -2.78. The standard InChI is InChI=1S/C17H21F3N6O/c18-17(19,20)27-13-7-4-3-6-12(13)23-16(21)22-10-9-15-25-24-14-8-2-1-5-11-26(14)15/h3-4,6-7H,1-2,5,8-11H2,(H3,21,22,23). The SMILES string of the molecule is NC(=NCCc1nnc2n1CCCCC2)Nc1ccccc1OC(F)(F)F. The van der Waals surface area contributed by atoms with E-state index in [9.17, 15) is 13.2 Å². The predicted molar refractivity (Wildman–Crippen MR) is 94.5 cm³/mol. The third-order valence-electron chi connectivity index (χ3n) is 4.18. The number of fused-ring (bicyclic) bond motifs is 1. The van der Waals surface area contributed by atoms with Gasteiger partial charge in [0.15, 0.2) is 11.7 Å². The molecular formula is C17H21F3N6O. The zero-order valence-corrected chi connectivity index (χ0v) is 14.7. The molecule has 0 saturated heterocycles. The molecule has 0 bridgehead atoms. The molecule has 0 saturated carbocycles. The van der Waals surface area contributed by atoms with E-state index in [1.807, 2.05) is 0 Å². The third-order valence-corrected chi connectivity index (χ3v) is 4.18. The van der Waals surface area contributed by atoms with Gasteiger partial charge >= 0.3 is 6.36 Å². The number of halogens is 3. The van der Waals surface area contributed by atoms with Crippen molar-refractivity contribution in [1.29, 1.82) is 0 Å². The highest BCUT2D eigenvalue weighted by Gasteiger charge is 2.32. The highest BCUT2D eigenvalue weighted by Crippen LogP contribution is 2.29. The molecule has 0 atom stereocenters. The number of guanidine groups is 1. The van der Waals surface area contributed by atoms with Crippen molar-refractivity contribution in [2.24, 2.45) is 10.7 Å². The van der Waals surface area contributed by atoms with Crippen LogP contribution in [0, 0.1) is 0 Å². The number of rotatable bonds is 5. The third kappa shape index (κ3) is 5.35. The largest absolute Gasteiger partial charge is 0.573 e. The van der Waals surface area contributed by atoms with Gasteiger partial charge in [-0.15, -0.1) is 23.4 Å². The number of para-hydroxylation sites is 2. The Balaban J connectivity index is 1.60. The monoisotopic (exact) mass is 382 g/mol. The zero-order valence-electron chi connectivity index (χ0n) is 14.7. The van der Waals surface area contributed by atoms with Crippen molar-refractivity contribution in [3.8, 4) is 5.75 Å². The van der Waals surface area contributed by atoms with Crippen molar-refractivity contribution in [3.05, 3.63) is 35.9 Å². The van der Waals surface area contributed by atoms with E-state index in [-0.39, 0.29) is 17.4 Å². The van der Waals surface area contributed by atoms with Crippen molar-refractivity contribution < 1.29 is 17.9 Å². The number of ether oxygens (including phenoxy) is 1. The number of nitrogens with one attached hydrogen (secondary N) is 1. The Kier molecular flexibility index (Phi) is 5.82. The second-order valence-electron chi connectivity index (χ2n) is 6.18. The van der Waals surface area contributed by atoms with Gasteiger partial charge in [-0.2, -0.15) is 0 Å². The molecule has 1 aliphatic rings. The summed E-state index contributed by atoms with van der Waals surface area (Å²) in [6.07, 6.45) is 0.0893. The molecule has 3 N–H and O–H groups in total. The number of aromatic nitrogens is 3. The molecule has 27 heavy (non-hydrogen) atoms. The van der Waals surface area contributed by atoms with Gasteiger partial charge in [-0.05, 0) is 25.0 Å². The molecule has 2 aromatic rings. The van der Waals surface area contributed by atoms with Gasteiger partial charge in [0.2, 0.25) is 0 Å². The van der Waals surface area contributed by atoms with Crippen LogP contribution in [0.25, 0.3) is 0 Å². The number of aryl methyl sites for hydroxylation is 1. The summed E-state index contributed by atoms with van der Waals surface area (Å²) in [7, 11) is 0. The average Bonchev–Trinajstić information content (AvgIpc) is 2.83. The van der Waals surface area contributed by atoms with E-state index in [4.69, 9.17) is 5.73 Å². The molecule has 10 heteroatoms. The number of alkyl halides is 3. The van der Waals surface area contributed by atoms with Gasteiger partial charge in [0.05, 0.1) is 5.69 Å². The fourth-order valence-corrected chi connectivity index (χ4v) is 2.97. The summed E-state index contributed by atoms with van der Waals surface area (Å²) in [6.45, 7) is 1.25. The number of aliphatic imine (C=N–C) groups is 1. The van der Waals surface area contributed by atoms with Crippen LogP contribution >= 0.6 is 0 Å². The molecule has 0 amide bonds. The van der Waals surface area contributed by atoms with E-state index in [1.54, 1.807) is 6.07 Å². The minimum Gasteiger partial charge on any atom is -0.404 e. The predicted octanol–water partition coefficient (Wildman–Crippen LogP) is 2.87. The number of hydrogen-bond acceptors (Lipinski definition) is 4. The summed E-state index contributed by atoms with van der Waals surface area (Å²) in [5.41, 5.74) is 5.89. The lowest BCUT2D eigenvalue weighted by atomic mass is 10.2. The number of hydrogen-bond donors (Lipinski definition) is 2. The van der Waals surface area contributed by atoms with Crippen LogP contribution in [0.1, 0.15) is 30.9 Å². The van der Waals surface area contributed by atoms with Crippen LogP contribution in [0.15, 0.2) is 29.3 Å². The molecule has 0 radical (unpaired) electrons. The summed E-state index contributed by atoms with van der Waals surface area (Å²) in [4.78, 5) is 4.17. The second-order valence-corrected chi connectivity index (χ2v) is 6.18. The first-order chi connectivity index (χ1) is 12.9. The molecule has 0 spiro atoms. The van der Waals surface area contributed by atoms with Crippen molar-refractivity contribution in [1.82, 2.24) is 14.8 Å². The molecule has 1 aliphatic heterocycles. The van der Waals surface area contributed by atoms with Gasteiger partial charge in [0.25, 0.3) is 0 Å². The van der Waals surface area contributed by atoms with Crippen molar-refractivity contribution in [2.75, 3.05) is 11.9 Å². The number of anilines is 1. The maximum atomic E-state index is 12.5. The minimum absolute atomic E-state index is 0.00355. The topological polar surface area (TPSA) is 90.4 Å². The maximum Gasteiger partial charge on any atom is 0.573 e. The first-order valence-corrected chi connectivity index (χ1v) is 8.75. The normalized spacial score (nSPS) is 15.1. The summed E-state index contributed by atoms with van der Waals surface area (Å²) in [5.74, 6) is 1.48. The minimum atomic E-state index is -4.78. The Morgan fingerprint density at radius 2 is 2.04 bits per heavy atom. The summed E-state index contributed by atoms with van der Waals surface area (Å²) in [5, 5.41) is 11.1. The molecule has 1 aromatic heterocycles. The van der Waals surface area contributed by atoms with E-state index in [0.717, 1.165) is 37.5 Å². The first kappa shape index (κ1) is 19.0. The molecule has 146 valence electrons. The molecule has 0 unspecified atom stereocenters. The lowest BCUT2D eigenvalue weighted by Gasteiger charge is -2.14. The van der Waals surface area contributed by atoms with Crippen LogP contribution in [-0.2, 0) is 19.4 Å². The van der Waals surface area contributed by atoms with Crippen LogP contribution in [0.2, 0.25) is 0 Å². The summed E-state index contributed by atoms with van der Waals surface area (Å²) >= 11 is 0. The average molecular weight is 382 g/mol. The van der Waals surface area contributed by atoms with Crippen molar-refractivity contribution >= 4 is 11.6 Å². The van der Waals surface area contributed by atoms with Gasteiger partial charge in [-0.1, -0.05) is 18.6 Å². The van der Waals surface area contributed by atoms with Gasteiger partial charge in [0, 0.05) is 25.9 Å². The van der Waals surface area contributed by atoms with E-state index in [2.05, 4.69) is 29.8 Å². The second kappa shape index (κ2) is 8.28. The highest BCUT2D eigenvalue weighted by atomic mass is 19.4. The maximum absolute atomic E-state index is 12.5. The summed E-state index contributed by atoms with van der Waals surface area (Å²) in [6, 6.07) is 5.65. The van der Waals surface area contributed by atoms with E-state index in [1.165, 1.54) is 24.6 Å². The van der Waals surface area contributed by atoms with Crippen LogP contribution in [0.4, 0.5) is 18.9 Å². The van der Waals surface area contributed by atoms with E-state index < -0.39 is 6.36 Å². The number of benzene rings is 1. The van der Waals surface area contributed by atoms with Crippen LogP contribution in [0.5, 0.6) is 5.75 Å². The van der Waals surface area contributed by atoms with Gasteiger partial charge in [0.1, 0.15) is 11.6 Å². The fraction of sp³-hybridized carbons (Fsp3) is 0.471. The lowest BCUT2D eigenvalue weighted by Crippen LogP contribution is -2.25. The quantitative estimate of drug-likeness (QED) is 0.613. The molecule has 7 nitrogen and oxygen atoms in total. The van der Waals surface area contributed by atoms with Gasteiger partial charge in [-0.3, -0.25) is 4.99 Å². The van der Waals surface area contributed by atoms with Crippen molar-refractivity contribution in [3.63, 3.8) is 0 Å². The van der Waals surface area contributed by atoms with E-state index >= 15 is 0 Å². The Morgan fingerprint density at radius 3 is 2.85 bits per heavy atom. The molecule has 1 aromatic carbocycles. The van der Waals surface area contributed by atoms with Crippen LogP contribution in [0.3, 0.4) is 0 Å². The van der Waals surface area contributed by atoms with Gasteiger partial charge < -0.3 is 20.4 Å². The van der Waals surface area contributed by atoms with Crippen LogP contribution in [-0.4, -0.2) is 33.6 Å². The fourth-order valence-electron chi connectivity index (χ4n) is 2.97. The Bertz CT molecular complexity index is 802. The highest BCUT2D eigenvalue weighted by molar-refractivity contribution is 5.93. The molecule has 3 rings (SSSR count). The van der Waals surface area contributed by atoms with Gasteiger partial charge in [-0.25, -0.2) is 0 Å².